The minimum atomic E-state index is -0.836. The number of amides is 1. The number of nitro groups is 1. The van der Waals surface area contributed by atoms with Gasteiger partial charge in [0.1, 0.15) is 6.61 Å². The molecule has 1 rings (SSSR count). The number of nitrogens with zero attached hydrogens (tertiary/aromatic N) is 2. The van der Waals surface area contributed by atoms with Gasteiger partial charge in [0.15, 0.2) is 5.56 Å². The number of nitro benzene ring substituents is 1. The number of hydrogen-bond donors (Lipinski definition) is 0. The summed E-state index contributed by atoms with van der Waals surface area (Å²) in [6.07, 6.45) is 6.73. The third kappa shape index (κ3) is 7.26. The maximum Gasteiger partial charge on any atom is 0.347 e. The van der Waals surface area contributed by atoms with E-state index in [1.54, 1.807) is 6.92 Å². The third-order valence-corrected chi connectivity index (χ3v) is 4.30. The van der Waals surface area contributed by atoms with E-state index in [9.17, 15) is 19.7 Å². The van der Waals surface area contributed by atoms with Crippen molar-refractivity contribution in [1.82, 2.24) is 0 Å². The molecule has 8 heteroatoms. The third-order valence-electron chi connectivity index (χ3n) is 4.30. The zero-order valence-corrected chi connectivity index (χ0v) is 16.9. The molecule has 28 heavy (non-hydrogen) atoms. The molecule has 0 aliphatic rings. The van der Waals surface area contributed by atoms with Crippen LogP contribution in [0, 0.1) is 10.1 Å². The second-order valence-electron chi connectivity index (χ2n) is 6.42. The van der Waals surface area contributed by atoms with Crippen LogP contribution in [-0.2, 0) is 14.3 Å². The first-order valence-corrected chi connectivity index (χ1v) is 9.72. The van der Waals surface area contributed by atoms with Gasteiger partial charge in [-0.2, -0.15) is 0 Å². The van der Waals surface area contributed by atoms with Gasteiger partial charge in [-0.05, 0) is 19.4 Å². The predicted octanol–water partition coefficient (Wildman–Crippen LogP) is 4.11. The zero-order valence-electron chi connectivity index (χ0n) is 16.9. The van der Waals surface area contributed by atoms with Gasteiger partial charge in [0, 0.05) is 19.7 Å². The van der Waals surface area contributed by atoms with Crippen LogP contribution in [0.5, 0.6) is 0 Å². The Kier molecular flexibility index (Phi) is 10.8. The van der Waals surface area contributed by atoms with Gasteiger partial charge in [-0.1, -0.05) is 45.1 Å². The number of carbonyl (C=O) groups is 2. The highest BCUT2D eigenvalue weighted by Crippen LogP contribution is 2.29. The summed E-state index contributed by atoms with van der Waals surface area (Å²) in [5.74, 6) is -1.23. The minimum absolute atomic E-state index is 0.0728. The largest absolute Gasteiger partial charge is 0.462 e. The maximum atomic E-state index is 12.4. The lowest BCUT2D eigenvalue weighted by molar-refractivity contribution is -0.385. The van der Waals surface area contributed by atoms with Crippen molar-refractivity contribution in [3.8, 4) is 0 Å². The van der Waals surface area contributed by atoms with Gasteiger partial charge in [-0.25, -0.2) is 4.79 Å². The number of esters is 1. The molecule has 0 N–H and O–H groups in total. The van der Waals surface area contributed by atoms with E-state index in [4.69, 9.17) is 9.47 Å². The second kappa shape index (κ2) is 12.8. The highest BCUT2D eigenvalue weighted by Gasteiger charge is 2.28. The van der Waals surface area contributed by atoms with E-state index in [2.05, 4.69) is 6.92 Å². The molecule has 0 atom stereocenters. The summed E-state index contributed by atoms with van der Waals surface area (Å²) in [4.78, 5) is 36.5. The summed E-state index contributed by atoms with van der Waals surface area (Å²) < 4.78 is 10.4. The molecular weight excluding hydrogens is 364 g/mol. The lowest BCUT2D eigenvalue weighted by Gasteiger charge is -2.20. The van der Waals surface area contributed by atoms with Gasteiger partial charge < -0.3 is 14.4 Å². The fourth-order valence-corrected chi connectivity index (χ4v) is 2.75. The molecule has 1 aromatic carbocycles. The number of carbonyl (C=O) groups excluding carboxylic acids is 2. The van der Waals surface area contributed by atoms with Crippen LogP contribution in [0.1, 0.15) is 62.7 Å². The van der Waals surface area contributed by atoms with Crippen LogP contribution in [0.15, 0.2) is 18.2 Å². The highest BCUT2D eigenvalue weighted by molar-refractivity contribution is 6.05. The van der Waals surface area contributed by atoms with Crippen LogP contribution in [-0.4, -0.2) is 43.7 Å². The molecular formula is C20H30N2O6. The predicted molar refractivity (Wildman–Crippen MR) is 107 cm³/mol. The summed E-state index contributed by atoms with van der Waals surface area (Å²) in [7, 11) is 1.46. The summed E-state index contributed by atoms with van der Waals surface area (Å²) in [5.41, 5.74) is -0.509. The molecule has 0 unspecified atom stereocenters. The maximum absolute atomic E-state index is 12.4. The highest BCUT2D eigenvalue weighted by atomic mass is 16.6. The number of hydrogen-bond acceptors (Lipinski definition) is 6. The van der Waals surface area contributed by atoms with Crippen molar-refractivity contribution in [1.29, 1.82) is 0 Å². The van der Waals surface area contributed by atoms with E-state index in [1.807, 2.05) is 0 Å². The summed E-state index contributed by atoms with van der Waals surface area (Å²) >= 11 is 0. The van der Waals surface area contributed by atoms with Crippen LogP contribution in [0.4, 0.5) is 11.4 Å². The topological polar surface area (TPSA) is 99.0 Å². The Morgan fingerprint density at radius 3 is 2.43 bits per heavy atom. The van der Waals surface area contributed by atoms with E-state index < -0.39 is 22.5 Å². The van der Waals surface area contributed by atoms with Gasteiger partial charge in [0.25, 0.3) is 11.6 Å². The standard InChI is InChI=1S/C20H30N2O6/c1-4-6-7-8-9-10-14-27-15-18(23)21(3)16-12-11-13-17(22(25)26)19(16)20(24)28-5-2/h11-13H,4-10,14-15H2,1-3H3. The first kappa shape index (κ1) is 23.6. The SMILES string of the molecule is CCCCCCCCOCC(=O)N(C)c1cccc([N+](=O)[O-])c1C(=O)OCC. The van der Waals surface area contributed by atoms with Crippen LogP contribution < -0.4 is 4.90 Å². The summed E-state index contributed by atoms with van der Waals surface area (Å²) in [6, 6.07) is 4.12. The average Bonchev–Trinajstić information content (AvgIpc) is 2.68. The first-order valence-electron chi connectivity index (χ1n) is 9.72. The molecule has 0 aliphatic heterocycles. The molecule has 0 fully saturated rings. The normalized spacial score (nSPS) is 10.5. The van der Waals surface area contributed by atoms with Crippen molar-refractivity contribution in [3.63, 3.8) is 0 Å². The Hall–Kier alpha value is -2.48. The summed E-state index contributed by atoms with van der Waals surface area (Å²) in [6.45, 7) is 4.17. The molecule has 0 heterocycles. The van der Waals surface area contributed by atoms with Crippen molar-refractivity contribution < 1.29 is 24.0 Å². The van der Waals surface area contributed by atoms with Crippen molar-refractivity contribution in [2.45, 2.75) is 52.4 Å². The van der Waals surface area contributed by atoms with Crippen molar-refractivity contribution in [2.75, 3.05) is 31.8 Å². The Morgan fingerprint density at radius 1 is 1.11 bits per heavy atom. The van der Waals surface area contributed by atoms with E-state index in [-0.39, 0.29) is 24.5 Å². The second-order valence-corrected chi connectivity index (χ2v) is 6.42. The minimum Gasteiger partial charge on any atom is -0.462 e. The molecule has 0 bridgehead atoms. The molecule has 0 saturated heterocycles. The van der Waals surface area contributed by atoms with E-state index in [0.29, 0.717) is 6.61 Å². The molecule has 0 aromatic heterocycles. The fourth-order valence-electron chi connectivity index (χ4n) is 2.75. The first-order chi connectivity index (χ1) is 13.4. The summed E-state index contributed by atoms with van der Waals surface area (Å²) in [5, 5.41) is 11.3. The Bertz CT molecular complexity index is 662. The Morgan fingerprint density at radius 2 is 1.79 bits per heavy atom. The van der Waals surface area contributed by atoms with E-state index in [0.717, 1.165) is 19.3 Å². The number of rotatable bonds is 13. The number of anilines is 1. The fraction of sp³-hybridized carbons (Fsp3) is 0.600. The number of unbranched alkanes of at least 4 members (excludes halogenated alkanes) is 5. The molecule has 1 amide bonds. The number of likely N-dealkylation sites (N-methyl/N-ethyl adjacent to an activating group) is 1. The number of ether oxygens (including phenoxy) is 2. The molecule has 156 valence electrons. The molecule has 1 aromatic rings. The quantitative estimate of drug-likeness (QED) is 0.216. The number of benzene rings is 1. The lowest BCUT2D eigenvalue weighted by Crippen LogP contribution is -2.32. The molecule has 8 nitrogen and oxygen atoms in total. The van der Waals surface area contributed by atoms with Gasteiger partial charge in [0.2, 0.25) is 0 Å². The van der Waals surface area contributed by atoms with Crippen LogP contribution >= 0.6 is 0 Å². The van der Waals surface area contributed by atoms with Crippen LogP contribution in [0.2, 0.25) is 0 Å². The van der Waals surface area contributed by atoms with Crippen molar-refractivity contribution in [3.05, 3.63) is 33.9 Å². The van der Waals surface area contributed by atoms with Gasteiger partial charge >= 0.3 is 5.97 Å². The van der Waals surface area contributed by atoms with E-state index in [1.165, 1.54) is 49.4 Å². The molecule has 0 spiro atoms. The zero-order chi connectivity index (χ0) is 20.9. The van der Waals surface area contributed by atoms with Gasteiger partial charge in [-0.3, -0.25) is 14.9 Å². The van der Waals surface area contributed by atoms with Crippen molar-refractivity contribution in [2.24, 2.45) is 0 Å². The van der Waals surface area contributed by atoms with Gasteiger partial charge in [-0.15, -0.1) is 0 Å². The molecule has 0 saturated carbocycles. The van der Waals surface area contributed by atoms with Crippen LogP contribution in [0.25, 0.3) is 0 Å². The monoisotopic (exact) mass is 394 g/mol. The smallest absolute Gasteiger partial charge is 0.347 e. The average molecular weight is 394 g/mol. The van der Waals surface area contributed by atoms with Crippen molar-refractivity contribution >= 4 is 23.3 Å². The van der Waals surface area contributed by atoms with E-state index >= 15 is 0 Å². The lowest BCUT2D eigenvalue weighted by atomic mass is 10.1. The van der Waals surface area contributed by atoms with Crippen LogP contribution in [0.3, 0.4) is 0 Å². The molecule has 0 radical (unpaired) electrons. The van der Waals surface area contributed by atoms with Gasteiger partial charge in [0.05, 0.1) is 17.2 Å². The Balaban J connectivity index is 2.70. The molecule has 0 aliphatic carbocycles. The Labute approximate surface area is 166 Å².